The van der Waals surface area contributed by atoms with Gasteiger partial charge < -0.3 is 15.4 Å². The number of benzene rings is 1. The average molecular weight is 328 g/mol. The van der Waals surface area contributed by atoms with Crippen molar-refractivity contribution in [2.75, 3.05) is 18.4 Å². The molecule has 94 valence electrons. The van der Waals surface area contributed by atoms with Gasteiger partial charge in [0, 0.05) is 18.1 Å². The lowest BCUT2D eigenvalue weighted by atomic mass is 10.1. The van der Waals surface area contributed by atoms with Crippen molar-refractivity contribution >= 4 is 33.2 Å². The fourth-order valence-electron chi connectivity index (χ4n) is 1.49. The molecule has 0 spiro atoms. The molecule has 1 saturated heterocycles. The maximum atomic E-state index is 12.3. The van der Waals surface area contributed by atoms with Gasteiger partial charge in [0.05, 0.1) is 16.2 Å². The Morgan fingerprint density at radius 2 is 2.18 bits per heavy atom. The summed E-state index contributed by atoms with van der Waals surface area (Å²) in [5.74, 6) is 0.0799. The first-order valence-corrected chi connectivity index (χ1v) is 6.14. The van der Waals surface area contributed by atoms with Gasteiger partial charge in [-0.05, 0) is 28.1 Å². The van der Waals surface area contributed by atoms with E-state index in [2.05, 4.69) is 31.3 Å². The fourth-order valence-corrected chi connectivity index (χ4v) is 2.39. The smallest absolute Gasteiger partial charge is 0.387 e. The molecule has 2 rings (SSSR count). The number of halogens is 4. The Bertz CT molecular complexity index is 416. The first kappa shape index (κ1) is 12.9. The molecule has 1 aromatic carbocycles. The topological polar surface area (TPSA) is 33.3 Å². The standard InChI is InChI=1S/C10H10BrClF2N2O/c11-7-1-5(12)2-8(9(7)17-10(13)14)16-6-3-15-4-6/h1-2,6,10,15-16H,3-4H2. The first-order chi connectivity index (χ1) is 8.06. The van der Waals surface area contributed by atoms with E-state index in [-0.39, 0.29) is 11.8 Å². The predicted molar refractivity (Wildman–Crippen MR) is 66.1 cm³/mol. The average Bonchev–Trinajstić information content (AvgIpc) is 2.16. The van der Waals surface area contributed by atoms with Gasteiger partial charge in [-0.2, -0.15) is 8.78 Å². The molecule has 17 heavy (non-hydrogen) atoms. The third-order valence-electron chi connectivity index (χ3n) is 2.36. The van der Waals surface area contributed by atoms with Crippen LogP contribution in [0.4, 0.5) is 14.5 Å². The van der Waals surface area contributed by atoms with Gasteiger partial charge >= 0.3 is 6.61 Å². The molecule has 1 fully saturated rings. The van der Waals surface area contributed by atoms with Gasteiger partial charge in [0.25, 0.3) is 0 Å². The van der Waals surface area contributed by atoms with Crippen molar-refractivity contribution in [3.8, 4) is 5.75 Å². The number of rotatable bonds is 4. The molecule has 0 aromatic heterocycles. The van der Waals surface area contributed by atoms with E-state index in [9.17, 15) is 8.78 Å². The van der Waals surface area contributed by atoms with E-state index >= 15 is 0 Å². The zero-order chi connectivity index (χ0) is 12.4. The Morgan fingerprint density at radius 3 is 2.71 bits per heavy atom. The summed E-state index contributed by atoms with van der Waals surface area (Å²) in [7, 11) is 0. The van der Waals surface area contributed by atoms with E-state index in [0.717, 1.165) is 13.1 Å². The second-order valence-electron chi connectivity index (χ2n) is 3.64. The summed E-state index contributed by atoms with van der Waals surface area (Å²) in [5, 5.41) is 6.63. The normalized spacial score (nSPS) is 15.8. The molecule has 1 heterocycles. The number of ether oxygens (including phenoxy) is 1. The Kier molecular flexibility index (Phi) is 4.06. The lowest BCUT2D eigenvalue weighted by molar-refractivity contribution is -0.0499. The molecule has 1 aliphatic rings. The highest BCUT2D eigenvalue weighted by atomic mass is 79.9. The van der Waals surface area contributed by atoms with Gasteiger partial charge in [-0.25, -0.2) is 0 Å². The summed E-state index contributed by atoms with van der Waals surface area (Å²) in [6.07, 6.45) is 0. The maximum absolute atomic E-state index is 12.3. The van der Waals surface area contributed by atoms with Crippen LogP contribution in [0, 0.1) is 0 Å². The van der Waals surface area contributed by atoms with Crippen LogP contribution in [-0.4, -0.2) is 25.7 Å². The van der Waals surface area contributed by atoms with Crippen LogP contribution in [-0.2, 0) is 0 Å². The van der Waals surface area contributed by atoms with Crippen molar-refractivity contribution < 1.29 is 13.5 Å². The Balaban J connectivity index is 2.25. The predicted octanol–water partition coefficient (Wildman–Crippen LogP) is 3.09. The van der Waals surface area contributed by atoms with Gasteiger partial charge in [0.1, 0.15) is 0 Å². The van der Waals surface area contributed by atoms with Crippen LogP contribution >= 0.6 is 27.5 Å². The van der Waals surface area contributed by atoms with Crippen LogP contribution < -0.4 is 15.4 Å². The lowest BCUT2D eigenvalue weighted by Crippen LogP contribution is -2.51. The molecule has 7 heteroatoms. The molecule has 0 bridgehead atoms. The van der Waals surface area contributed by atoms with Gasteiger partial charge in [0.2, 0.25) is 0 Å². The molecule has 1 aliphatic heterocycles. The minimum Gasteiger partial charge on any atom is -0.431 e. The van der Waals surface area contributed by atoms with Crippen LogP contribution in [0.5, 0.6) is 5.75 Å². The summed E-state index contributed by atoms with van der Waals surface area (Å²) in [6, 6.07) is 3.30. The Morgan fingerprint density at radius 1 is 1.47 bits per heavy atom. The molecule has 2 N–H and O–H groups in total. The zero-order valence-electron chi connectivity index (χ0n) is 8.64. The van der Waals surface area contributed by atoms with Gasteiger partial charge in [-0.15, -0.1) is 0 Å². The van der Waals surface area contributed by atoms with Gasteiger partial charge in [-0.3, -0.25) is 0 Å². The molecule has 3 nitrogen and oxygen atoms in total. The van der Waals surface area contributed by atoms with E-state index in [1.165, 1.54) is 6.07 Å². The van der Waals surface area contributed by atoms with Crippen LogP contribution in [0.3, 0.4) is 0 Å². The molecule has 0 saturated carbocycles. The minimum absolute atomic E-state index is 0.0799. The van der Waals surface area contributed by atoms with E-state index in [0.29, 0.717) is 15.2 Å². The number of hydrogen-bond acceptors (Lipinski definition) is 3. The molecule has 0 radical (unpaired) electrons. The van der Waals surface area contributed by atoms with Gasteiger partial charge in [0.15, 0.2) is 5.75 Å². The molecule has 0 atom stereocenters. The van der Waals surface area contributed by atoms with Gasteiger partial charge in [-0.1, -0.05) is 11.6 Å². The fraction of sp³-hybridized carbons (Fsp3) is 0.400. The molecular weight excluding hydrogens is 317 g/mol. The Hall–Kier alpha value is -0.590. The number of alkyl halides is 2. The van der Waals surface area contributed by atoms with Crippen molar-refractivity contribution in [2.45, 2.75) is 12.7 Å². The summed E-state index contributed by atoms with van der Waals surface area (Å²) in [5.41, 5.74) is 0.469. The third-order valence-corrected chi connectivity index (χ3v) is 3.16. The highest BCUT2D eigenvalue weighted by Gasteiger charge is 2.21. The second kappa shape index (κ2) is 5.37. The van der Waals surface area contributed by atoms with E-state index in [1.807, 2.05) is 0 Å². The third kappa shape index (κ3) is 3.20. The van der Waals surface area contributed by atoms with E-state index in [4.69, 9.17) is 11.6 Å². The molecule has 0 unspecified atom stereocenters. The monoisotopic (exact) mass is 326 g/mol. The Labute approximate surface area is 111 Å². The molecule has 0 aliphatic carbocycles. The SMILES string of the molecule is FC(F)Oc1c(Br)cc(Cl)cc1NC1CNC1. The van der Waals surface area contributed by atoms with Crippen LogP contribution in [0.2, 0.25) is 5.02 Å². The number of nitrogens with one attached hydrogen (secondary N) is 2. The zero-order valence-corrected chi connectivity index (χ0v) is 11.0. The lowest BCUT2D eigenvalue weighted by Gasteiger charge is -2.30. The van der Waals surface area contributed by atoms with Crippen molar-refractivity contribution in [2.24, 2.45) is 0 Å². The number of anilines is 1. The molecule has 0 amide bonds. The van der Waals surface area contributed by atoms with E-state index in [1.54, 1.807) is 6.07 Å². The van der Waals surface area contributed by atoms with Crippen LogP contribution in [0.15, 0.2) is 16.6 Å². The van der Waals surface area contributed by atoms with Crippen molar-refractivity contribution in [3.05, 3.63) is 21.6 Å². The van der Waals surface area contributed by atoms with Crippen LogP contribution in [0.25, 0.3) is 0 Å². The quantitative estimate of drug-likeness (QED) is 0.891. The summed E-state index contributed by atoms with van der Waals surface area (Å²) >= 11 is 9.03. The molecule has 1 aromatic rings. The van der Waals surface area contributed by atoms with Crippen molar-refractivity contribution in [3.63, 3.8) is 0 Å². The summed E-state index contributed by atoms with van der Waals surface area (Å²) in [4.78, 5) is 0. The first-order valence-electron chi connectivity index (χ1n) is 4.97. The summed E-state index contributed by atoms with van der Waals surface area (Å²) < 4.78 is 29.5. The summed E-state index contributed by atoms with van der Waals surface area (Å²) in [6.45, 7) is -1.29. The van der Waals surface area contributed by atoms with E-state index < -0.39 is 6.61 Å². The largest absolute Gasteiger partial charge is 0.431 e. The minimum atomic E-state index is -2.87. The number of hydrogen-bond donors (Lipinski definition) is 2. The van der Waals surface area contributed by atoms with Crippen molar-refractivity contribution in [1.82, 2.24) is 5.32 Å². The van der Waals surface area contributed by atoms with Crippen molar-refractivity contribution in [1.29, 1.82) is 0 Å². The second-order valence-corrected chi connectivity index (χ2v) is 4.93. The maximum Gasteiger partial charge on any atom is 0.387 e. The highest BCUT2D eigenvalue weighted by Crippen LogP contribution is 2.38. The highest BCUT2D eigenvalue weighted by molar-refractivity contribution is 9.10. The van der Waals surface area contributed by atoms with Crippen LogP contribution in [0.1, 0.15) is 0 Å². The molecular formula is C10H10BrClF2N2O.